The average molecular weight is 272 g/mol. The lowest BCUT2D eigenvalue weighted by Crippen LogP contribution is -2.33. The summed E-state index contributed by atoms with van der Waals surface area (Å²) in [4.78, 5) is 27.0. The highest BCUT2D eigenvalue weighted by atomic mass is 16.2. The number of amides is 2. The standard InChI is InChI=1S/C16H20N2O2/c1-2-15(19)18(14-8-4-3-5-9-14)13-7-12-17-11-6-10-16(17)20/h2-5,8-9H,1,6-7,10-13H2. The maximum Gasteiger partial charge on any atom is 0.250 e. The number of likely N-dealkylation sites (tertiary alicyclic amines) is 1. The number of anilines is 1. The van der Waals surface area contributed by atoms with Crippen LogP contribution < -0.4 is 4.90 Å². The van der Waals surface area contributed by atoms with Gasteiger partial charge < -0.3 is 9.80 Å². The van der Waals surface area contributed by atoms with E-state index in [1.807, 2.05) is 35.2 Å². The van der Waals surface area contributed by atoms with Crippen molar-refractivity contribution in [3.05, 3.63) is 43.0 Å². The van der Waals surface area contributed by atoms with E-state index in [9.17, 15) is 9.59 Å². The molecule has 0 aliphatic carbocycles. The summed E-state index contributed by atoms with van der Waals surface area (Å²) in [5.41, 5.74) is 0.866. The van der Waals surface area contributed by atoms with Crippen LogP contribution in [0.1, 0.15) is 19.3 Å². The molecule has 0 unspecified atom stereocenters. The van der Waals surface area contributed by atoms with Gasteiger partial charge in [0.2, 0.25) is 11.8 Å². The van der Waals surface area contributed by atoms with Crippen LogP contribution >= 0.6 is 0 Å². The average Bonchev–Trinajstić information content (AvgIpc) is 2.89. The third kappa shape index (κ3) is 3.47. The number of hydrogen-bond acceptors (Lipinski definition) is 2. The van der Waals surface area contributed by atoms with E-state index in [-0.39, 0.29) is 11.8 Å². The fraction of sp³-hybridized carbons (Fsp3) is 0.375. The molecule has 0 spiro atoms. The highest BCUT2D eigenvalue weighted by Gasteiger charge is 2.20. The van der Waals surface area contributed by atoms with Crippen molar-refractivity contribution in [2.75, 3.05) is 24.5 Å². The maximum absolute atomic E-state index is 11.9. The Balaban J connectivity index is 1.93. The van der Waals surface area contributed by atoms with Gasteiger partial charge in [-0.3, -0.25) is 9.59 Å². The normalized spacial score (nSPS) is 14.4. The Hall–Kier alpha value is -2.10. The quantitative estimate of drug-likeness (QED) is 0.745. The molecule has 0 N–H and O–H groups in total. The zero-order valence-corrected chi connectivity index (χ0v) is 11.6. The van der Waals surface area contributed by atoms with Crippen LogP contribution in [-0.2, 0) is 9.59 Å². The van der Waals surface area contributed by atoms with E-state index in [2.05, 4.69) is 6.58 Å². The summed E-state index contributed by atoms with van der Waals surface area (Å²) in [5.74, 6) is 0.121. The number of hydrogen-bond donors (Lipinski definition) is 0. The number of rotatable bonds is 6. The fourth-order valence-corrected chi connectivity index (χ4v) is 2.44. The lowest BCUT2D eigenvalue weighted by molar-refractivity contribution is -0.127. The highest BCUT2D eigenvalue weighted by molar-refractivity contribution is 6.01. The Morgan fingerprint density at radius 2 is 2.10 bits per heavy atom. The number of nitrogens with zero attached hydrogens (tertiary/aromatic N) is 2. The third-order valence-corrected chi connectivity index (χ3v) is 3.49. The minimum absolute atomic E-state index is 0.107. The largest absolute Gasteiger partial charge is 0.343 e. The van der Waals surface area contributed by atoms with Gasteiger partial charge in [0, 0.05) is 31.7 Å². The molecular weight excluding hydrogens is 252 g/mol. The van der Waals surface area contributed by atoms with Gasteiger partial charge in [-0.1, -0.05) is 24.8 Å². The van der Waals surface area contributed by atoms with E-state index in [1.54, 1.807) is 4.90 Å². The van der Waals surface area contributed by atoms with Crippen molar-refractivity contribution in [2.45, 2.75) is 19.3 Å². The Morgan fingerprint density at radius 1 is 1.35 bits per heavy atom. The lowest BCUT2D eigenvalue weighted by Gasteiger charge is -2.23. The Kier molecular flexibility index (Phi) is 4.93. The summed E-state index contributed by atoms with van der Waals surface area (Å²) in [5, 5.41) is 0. The molecule has 20 heavy (non-hydrogen) atoms. The van der Waals surface area contributed by atoms with Gasteiger partial charge in [0.1, 0.15) is 0 Å². The molecular formula is C16H20N2O2. The number of para-hydroxylation sites is 1. The van der Waals surface area contributed by atoms with E-state index < -0.39 is 0 Å². The second kappa shape index (κ2) is 6.89. The summed E-state index contributed by atoms with van der Waals surface area (Å²) in [6.07, 6.45) is 3.72. The van der Waals surface area contributed by atoms with Gasteiger partial charge in [0.05, 0.1) is 0 Å². The summed E-state index contributed by atoms with van der Waals surface area (Å²) < 4.78 is 0. The Bertz CT molecular complexity index is 485. The van der Waals surface area contributed by atoms with E-state index in [0.29, 0.717) is 19.5 Å². The van der Waals surface area contributed by atoms with Gasteiger partial charge in [0.25, 0.3) is 0 Å². The summed E-state index contributed by atoms with van der Waals surface area (Å²) in [6, 6.07) is 9.54. The molecule has 2 rings (SSSR count). The van der Waals surface area contributed by atoms with Crippen molar-refractivity contribution in [2.24, 2.45) is 0 Å². The molecule has 1 fully saturated rings. The molecule has 4 heteroatoms. The first-order valence-corrected chi connectivity index (χ1v) is 6.99. The van der Waals surface area contributed by atoms with Gasteiger partial charge in [-0.05, 0) is 31.1 Å². The molecule has 0 saturated carbocycles. The number of carbonyl (C=O) groups excluding carboxylic acids is 2. The molecule has 1 saturated heterocycles. The molecule has 1 heterocycles. The molecule has 4 nitrogen and oxygen atoms in total. The molecule has 106 valence electrons. The third-order valence-electron chi connectivity index (χ3n) is 3.49. The van der Waals surface area contributed by atoms with Gasteiger partial charge >= 0.3 is 0 Å². The molecule has 0 atom stereocenters. The van der Waals surface area contributed by atoms with E-state index in [1.165, 1.54) is 6.08 Å². The molecule has 1 aromatic carbocycles. The van der Waals surface area contributed by atoms with E-state index >= 15 is 0 Å². The van der Waals surface area contributed by atoms with Crippen LogP contribution in [0.2, 0.25) is 0 Å². The molecule has 1 aliphatic rings. The van der Waals surface area contributed by atoms with Crippen LogP contribution in [0.15, 0.2) is 43.0 Å². The first-order valence-electron chi connectivity index (χ1n) is 6.99. The molecule has 1 aromatic rings. The summed E-state index contributed by atoms with van der Waals surface area (Å²) in [6.45, 7) is 5.71. The molecule has 1 aliphatic heterocycles. The predicted octanol–water partition coefficient (Wildman–Crippen LogP) is 2.22. The second-order valence-electron chi connectivity index (χ2n) is 4.87. The zero-order valence-electron chi connectivity index (χ0n) is 11.6. The van der Waals surface area contributed by atoms with E-state index in [0.717, 1.165) is 25.1 Å². The topological polar surface area (TPSA) is 40.6 Å². The second-order valence-corrected chi connectivity index (χ2v) is 4.87. The highest BCUT2D eigenvalue weighted by Crippen LogP contribution is 2.15. The van der Waals surface area contributed by atoms with Crippen LogP contribution in [0.4, 0.5) is 5.69 Å². The minimum Gasteiger partial charge on any atom is -0.343 e. The molecule has 0 radical (unpaired) electrons. The van der Waals surface area contributed by atoms with Gasteiger partial charge in [-0.2, -0.15) is 0 Å². The SMILES string of the molecule is C=CC(=O)N(CCCN1CCCC1=O)c1ccccc1. The number of benzene rings is 1. The summed E-state index contributed by atoms with van der Waals surface area (Å²) >= 11 is 0. The maximum atomic E-state index is 11.9. The van der Waals surface area contributed by atoms with E-state index in [4.69, 9.17) is 0 Å². The molecule has 0 aromatic heterocycles. The van der Waals surface area contributed by atoms with Crippen LogP contribution in [0.25, 0.3) is 0 Å². The van der Waals surface area contributed by atoms with Crippen molar-refractivity contribution in [1.29, 1.82) is 0 Å². The Labute approximate surface area is 119 Å². The fourth-order valence-electron chi connectivity index (χ4n) is 2.44. The van der Waals surface area contributed by atoms with Crippen LogP contribution in [-0.4, -0.2) is 36.3 Å². The lowest BCUT2D eigenvalue weighted by atomic mass is 10.2. The molecule has 2 amide bonds. The number of carbonyl (C=O) groups is 2. The predicted molar refractivity (Wildman–Crippen MR) is 79.4 cm³/mol. The van der Waals surface area contributed by atoms with Crippen molar-refractivity contribution in [3.63, 3.8) is 0 Å². The van der Waals surface area contributed by atoms with Crippen molar-refractivity contribution in [1.82, 2.24) is 4.90 Å². The smallest absolute Gasteiger partial charge is 0.250 e. The Morgan fingerprint density at radius 3 is 2.70 bits per heavy atom. The van der Waals surface area contributed by atoms with Crippen LogP contribution in [0.3, 0.4) is 0 Å². The monoisotopic (exact) mass is 272 g/mol. The van der Waals surface area contributed by atoms with Crippen molar-refractivity contribution in [3.8, 4) is 0 Å². The molecule has 0 bridgehead atoms. The van der Waals surface area contributed by atoms with Gasteiger partial charge in [-0.25, -0.2) is 0 Å². The van der Waals surface area contributed by atoms with Crippen molar-refractivity contribution < 1.29 is 9.59 Å². The first kappa shape index (κ1) is 14.3. The zero-order chi connectivity index (χ0) is 14.4. The van der Waals surface area contributed by atoms with Crippen LogP contribution in [0.5, 0.6) is 0 Å². The first-order chi connectivity index (χ1) is 9.72. The van der Waals surface area contributed by atoms with Gasteiger partial charge in [-0.15, -0.1) is 0 Å². The summed E-state index contributed by atoms with van der Waals surface area (Å²) in [7, 11) is 0. The minimum atomic E-state index is -0.107. The van der Waals surface area contributed by atoms with Crippen LogP contribution in [0, 0.1) is 0 Å². The van der Waals surface area contributed by atoms with Gasteiger partial charge in [0.15, 0.2) is 0 Å². The van der Waals surface area contributed by atoms with Crippen molar-refractivity contribution >= 4 is 17.5 Å².